The molecule has 15 heavy (non-hydrogen) atoms. The van der Waals surface area contributed by atoms with Gasteiger partial charge in [0.15, 0.2) is 0 Å². The van der Waals surface area contributed by atoms with Gasteiger partial charge in [0, 0.05) is 26.2 Å². The molecule has 0 aromatic carbocycles. The lowest BCUT2D eigenvalue weighted by Gasteiger charge is -2.38. The maximum Gasteiger partial charge on any atom is 0.246 e. The molecule has 1 amide bonds. The third kappa shape index (κ3) is 4.59. The molecule has 0 aliphatic carbocycles. The molecule has 0 radical (unpaired) electrons. The SMILES string of the molecule is CC1(OCC(=O)NCCCCO)CNC1. The Balaban J connectivity index is 1.98. The highest BCUT2D eigenvalue weighted by molar-refractivity contribution is 5.77. The molecule has 5 heteroatoms. The van der Waals surface area contributed by atoms with E-state index in [1.807, 2.05) is 6.92 Å². The van der Waals surface area contributed by atoms with Gasteiger partial charge in [0.25, 0.3) is 0 Å². The normalized spacial score (nSPS) is 18.3. The molecular weight excluding hydrogens is 196 g/mol. The quantitative estimate of drug-likeness (QED) is 0.490. The maximum atomic E-state index is 11.3. The molecule has 0 aromatic rings. The number of ether oxygens (including phenoxy) is 1. The van der Waals surface area contributed by atoms with E-state index in [1.165, 1.54) is 0 Å². The molecule has 88 valence electrons. The third-order valence-corrected chi connectivity index (χ3v) is 2.46. The second-order valence-electron chi connectivity index (χ2n) is 4.12. The van der Waals surface area contributed by atoms with Crippen molar-refractivity contribution in [2.24, 2.45) is 0 Å². The first-order chi connectivity index (χ1) is 7.16. The summed E-state index contributed by atoms with van der Waals surface area (Å²) < 4.78 is 5.46. The van der Waals surface area contributed by atoms with Crippen LogP contribution >= 0.6 is 0 Å². The van der Waals surface area contributed by atoms with Crippen LogP contribution < -0.4 is 10.6 Å². The summed E-state index contributed by atoms with van der Waals surface area (Å²) in [6, 6.07) is 0. The zero-order valence-corrected chi connectivity index (χ0v) is 9.21. The fourth-order valence-corrected chi connectivity index (χ4v) is 1.33. The Morgan fingerprint density at radius 3 is 2.80 bits per heavy atom. The topological polar surface area (TPSA) is 70.6 Å². The lowest BCUT2D eigenvalue weighted by molar-refractivity contribution is -0.135. The van der Waals surface area contributed by atoms with Gasteiger partial charge in [-0.25, -0.2) is 0 Å². The number of nitrogens with one attached hydrogen (secondary N) is 2. The van der Waals surface area contributed by atoms with Crippen LogP contribution in [0.5, 0.6) is 0 Å². The van der Waals surface area contributed by atoms with Gasteiger partial charge in [-0.15, -0.1) is 0 Å². The number of amides is 1. The number of aliphatic hydroxyl groups excluding tert-OH is 1. The molecule has 0 spiro atoms. The Morgan fingerprint density at radius 1 is 1.53 bits per heavy atom. The van der Waals surface area contributed by atoms with Gasteiger partial charge >= 0.3 is 0 Å². The number of unbranched alkanes of at least 4 members (excludes halogenated alkanes) is 1. The molecular formula is C10H20N2O3. The molecule has 0 aromatic heterocycles. The van der Waals surface area contributed by atoms with Crippen LogP contribution in [0.4, 0.5) is 0 Å². The summed E-state index contributed by atoms with van der Waals surface area (Å²) in [7, 11) is 0. The number of hydrogen-bond donors (Lipinski definition) is 3. The summed E-state index contributed by atoms with van der Waals surface area (Å²) >= 11 is 0. The maximum absolute atomic E-state index is 11.3. The lowest BCUT2D eigenvalue weighted by Crippen LogP contribution is -2.59. The summed E-state index contributed by atoms with van der Waals surface area (Å²) in [6.07, 6.45) is 1.53. The fraction of sp³-hybridized carbons (Fsp3) is 0.900. The molecule has 1 heterocycles. The fourth-order valence-electron chi connectivity index (χ4n) is 1.33. The van der Waals surface area contributed by atoms with Crippen LogP contribution in [0.25, 0.3) is 0 Å². The zero-order valence-electron chi connectivity index (χ0n) is 9.21. The van der Waals surface area contributed by atoms with Gasteiger partial charge in [-0.2, -0.15) is 0 Å². The third-order valence-electron chi connectivity index (χ3n) is 2.46. The lowest BCUT2D eigenvalue weighted by atomic mass is 10.0. The minimum absolute atomic E-state index is 0.0823. The van der Waals surface area contributed by atoms with E-state index in [1.54, 1.807) is 0 Å². The highest BCUT2D eigenvalue weighted by Gasteiger charge is 2.32. The Labute approximate surface area is 90.2 Å². The standard InChI is InChI=1S/C10H20N2O3/c1-10(7-11-8-10)15-6-9(14)12-4-2-3-5-13/h11,13H,2-8H2,1H3,(H,12,14). The molecule has 0 saturated carbocycles. The van der Waals surface area contributed by atoms with Gasteiger partial charge < -0.3 is 20.5 Å². The van der Waals surface area contributed by atoms with Crippen molar-refractivity contribution in [3.05, 3.63) is 0 Å². The average molecular weight is 216 g/mol. The largest absolute Gasteiger partial charge is 0.396 e. The van der Waals surface area contributed by atoms with Crippen molar-refractivity contribution in [3.8, 4) is 0 Å². The van der Waals surface area contributed by atoms with Crippen LogP contribution in [0.1, 0.15) is 19.8 Å². The average Bonchev–Trinajstić information content (AvgIpc) is 2.19. The van der Waals surface area contributed by atoms with Crippen LogP contribution in [0.15, 0.2) is 0 Å². The first kappa shape index (κ1) is 12.4. The van der Waals surface area contributed by atoms with Crippen LogP contribution in [0.3, 0.4) is 0 Å². The van der Waals surface area contributed by atoms with Crippen LogP contribution in [0, 0.1) is 0 Å². The van der Waals surface area contributed by atoms with E-state index in [4.69, 9.17) is 9.84 Å². The number of rotatable bonds is 7. The van der Waals surface area contributed by atoms with E-state index in [2.05, 4.69) is 10.6 Å². The molecule has 0 unspecified atom stereocenters. The Morgan fingerprint density at radius 2 is 2.27 bits per heavy atom. The van der Waals surface area contributed by atoms with Crippen molar-refractivity contribution in [2.75, 3.05) is 32.8 Å². The van der Waals surface area contributed by atoms with Gasteiger partial charge in [0.2, 0.25) is 5.91 Å². The van der Waals surface area contributed by atoms with E-state index >= 15 is 0 Å². The van der Waals surface area contributed by atoms with Crippen molar-refractivity contribution in [1.29, 1.82) is 0 Å². The van der Waals surface area contributed by atoms with Crippen molar-refractivity contribution >= 4 is 5.91 Å². The van der Waals surface area contributed by atoms with Gasteiger partial charge in [-0.3, -0.25) is 4.79 Å². The van der Waals surface area contributed by atoms with E-state index in [0.717, 1.165) is 25.9 Å². The Kier molecular flexibility index (Phi) is 5.01. The summed E-state index contributed by atoms with van der Waals surface area (Å²) in [5, 5.41) is 14.4. The molecule has 1 aliphatic rings. The van der Waals surface area contributed by atoms with E-state index in [-0.39, 0.29) is 24.7 Å². The van der Waals surface area contributed by atoms with Crippen LogP contribution in [0.2, 0.25) is 0 Å². The predicted molar refractivity (Wildman–Crippen MR) is 56.6 cm³/mol. The molecule has 5 nitrogen and oxygen atoms in total. The van der Waals surface area contributed by atoms with Crippen molar-refractivity contribution < 1.29 is 14.6 Å². The highest BCUT2D eigenvalue weighted by Crippen LogP contribution is 2.14. The van der Waals surface area contributed by atoms with Crippen LogP contribution in [-0.4, -0.2) is 49.5 Å². The van der Waals surface area contributed by atoms with Crippen molar-refractivity contribution in [3.63, 3.8) is 0 Å². The predicted octanol–water partition coefficient (Wildman–Crippen LogP) is -0.746. The summed E-state index contributed by atoms with van der Waals surface area (Å²) in [5.41, 5.74) is -0.164. The number of carbonyl (C=O) groups excluding carboxylic acids is 1. The molecule has 1 aliphatic heterocycles. The molecule has 1 rings (SSSR count). The number of aliphatic hydroxyl groups is 1. The van der Waals surface area contributed by atoms with Gasteiger partial charge in [-0.1, -0.05) is 0 Å². The Bertz CT molecular complexity index is 205. The first-order valence-electron chi connectivity index (χ1n) is 5.38. The molecule has 0 bridgehead atoms. The summed E-state index contributed by atoms with van der Waals surface area (Å²) in [6.45, 7) is 4.52. The van der Waals surface area contributed by atoms with Gasteiger partial charge in [0.05, 0.1) is 5.60 Å². The second kappa shape index (κ2) is 6.05. The number of hydrogen-bond acceptors (Lipinski definition) is 4. The van der Waals surface area contributed by atoms with Gasteiger partial charge in [0.1, 0.15) is 6.61 Å². The minimum Gasteiger partial charge on any atom is -0.396 e. The molecule has 0 atom stereocenters. The summed E-state index contributed by atoms with van der Waals surface area (Å²) in [4.78, 5) is 11.3. The Hall–Kier alpha value is -0.650. The molecule has 3 N–H and O–H groups in total. The van der Waals surface area contributed by atoms with E-state index in [0.29, 0.717) is 6.54 Å². The van der Waals surface area contributed by atoms with Gasteiger partial charge in [-0.05, 0) is 19.8 Å². The smallest absolute Gasteiger partial charge is 0.246 e. The highest BCUT2D eigenvalue weighted by atomic mass is 16.5. The van der Waals surface area contributed by atoms with E-state index < -0.39 is 0 Å². The second-order valence-corrected chi connectivity index (χ2v) is 4.12. The molecule has 1 fully saturated rings. The van der Waals surface area contributed by atoms with E-state index in [9.17, 15) is 4.79 Å². The van der Waals surface area contributed by atoms with Crippen molar-refractivity contribution in [1.82, 2.24) is 10.6 Å². The zero-order chi connectivity index (χ0) is 11.1. The minimum atomic E-state index is -0.164. The molecule has 1 saturated heterocycles. The van der Waals surface area contributed by atoms with Crippen LogP contribution in [-0.2, 0) is 9.53 Å². The monoisotopic (exact) mass is 216 g/mol. The first-order valence-corrected chi connectivity index (χ1v) is 5.38. The van der Waals surface area contributed by atoms with Crippen molar-refractivity contribution in [2.45, 2.75) is 25.4 Å². The summed E-state index contributed by atoms with van der Waals surface area (Å²) in [5.74, 6) is -0.0823. The number of carbonyl (C=O) groups is 1.